The summed E-state index contributed by atoms with van der Waals surface area (Å²) in [5, 5.41) is 13.3. The second-order valence-electron chi connectivity index (χ2n) is 7.71. The van der Waals surface area contributed by atoms with Gasteiger partial charge >= 0.3 is 0 Å². The Morgan fingerprint density at radius 1 is 1.05 bits per heavy atom. The Labute approximate surface area is 136 Å². The van der Waals surface area contributed by atoms with E-state index in [0.29, 0.717) is 18.6 Å². The van der Waals surface area contributed by atoms with Crippen LogP contribution in [-0.2, 0) is 22.0 Å². The molecule has 0 spiro atoms. The molecule has 0 atom stereocenters. The predicted octanol–water partition coefficient (Wildman–Crippen LogP) is 4.30. The molecule has 2 N–H and O–H groups in total. The van der Waals surface area contributed by atoms with Crippen LogP contribution in [0.1, 0.15) is 72.1 Å². The van der Waals surface area contributed by atoms with Crippen LogP contribution in [-0.4, -0.2) is 18.1 Å². The van der Waals surface area contributed by atoms with Crippen LogP contribution in [0.4, 0.5) is 0 Å². The van der Waals surface area contributed by atoms with E-state index in [1.807, 2.05) is 12.1 Å². The molecule has 0 unspecified atom stereocenters. The van der Waals surface area contributed by atoms with Crippen LogP contribution in [0.25, 0.3) is 0 Å². The summed E-state index contributed by atoms with van der Waals surface area (Å²) >= 11 is 0. The molecule has 0 saturated carbocycles. The largest absolute Gasteiger partial charge is 0.507 e. The van der Waals surface area contributed by atoms with Crippen molar-refractivity contribution in [1.82, 2.24) is 5.32 Å². The van der Waals surface area contributed by atoms with Crippen molar-refractivity contribution in [3.05, 3.63) is 28.8 Å². The third kappa shape index (κ3) is 5.04. The Kier molecular flexibility index (Phi) is 6.68. The highest BCUT2D eigenvalue weighted by atomic mass is 16.3. The zero-order valence-corrected chi connectivity index (χ0v) is 14.4. The quantitative estimate of drug-likeness (QED) is 0.874. The highest BCUT2D eigenvalue weighted by Crippen LogP contribution is 2.39. The lowest BCUT2D eigenvalue weighted by Crippen LogP contribution is -2.20. The third-order valence-corrected chi connectivity index (χ3v) is 3.71. The highest BCUT2D eigenvalue weighted by molar-refractivity contribution is 5.75. The molecule has 0 bridgehead atoms. The van der Waals surface area contributed by atoms with Crippen LogP contribution in [0, 0.1) is 0 Å². The maximum Gasteiger partial charge on any atom is 0.220 e. The van der Waals surface area contributed by atoms with Crippen LogP contribution in [0.15, 0.2) is 12.1 Å². The molecule has 0 radical (unpaired) electrons. The van der Waals surface area contributed by atoms with Gasteiger partial charge < -0.3 is 10.4 Å². The second-order valence-corrected chi connectivity index (χ2v) is 7.71. The number of phenolic OH excluding ortho intramolecular Hbond substituents is 1. The molecule has 0 fully saturated rings. The van der Waals surface area contributed by atoms with Gasteiger partial charge in [0.1, 0.15) is 5.75 Å². The molecule has 0 heterocycles. The third-order valence-electron chi connectivity index (χ3n) is 3.71. The van der Waals surface area contributed by atoms with Gasteiger partial charge in [0.25, 0.3) is 0 Å². The van der Waals surface area contributed by atoms with Crippen molar-refractivity contribution in [2.24, 2.45) is 0 Å². The molecule has 3 heteroatoms. The number of carbonyl (C=O) groups excluding carboxylic acids is 1. The van der Waals surface area contributed by atoms with Gasteiger partial charge in [-0.05, 0) is 33.9 Å². The minimum absolute atomic E-state index is 0. The van der Waals surface area contributed by atoms with Gasteiger partial charge in [0.2, 0.25) is 5.91 Å². The van der Waals surface area contributed by atoms with Crippen LogP contribution in [0.5, 0.6) is 5.75 Å². The summed E-state index contributed by atoms with van der Waals surface area (Å²) in [7, 11) is 1.65. The molecule has 3 nitrogen and oxygen atoms in total. The number of nitrogens with one attached hydrogen (secondary N) is 1. The fourth-order valence-electron chi connectivity index (χ4n) is 2.36. The summed E-state index contributed by atoms with van der Waals surface area (Å²) in [5.41, 5.74) is 2.73. The number of hydrogen-bond donors (Lipinski definition) is 2. The van der Waals surface area contributed by atoms with Crippen molar-refractivity contribution in [3.63, 3.8) is 0 Å². The first-order chi connectivity index (χ1) is 9.46. The second kappa shape index (κ2) is 7.17. The maximum absolute atomic E-state index is 11.5. The van der Waals surface area contributed by atoms with Crippen molar-refractivity contribution < 1.29 is 9.90 Å². The van der Waals surface area contributed by atoms with Gasteiger partial charge in [-0.2, -0.15) is 0 Å². The fraction of sp³-hybridized carbons (Fsp3) is 0.632. The minimum Gasteiger partial charge on any atom is -0.507 e. The SMILES string of the molecule is C.CNC(=O)CCc1cc(C(C)(C)C)c(O)c(C(C)(C)C)c1. The van der Waals surface area contributed by atoms with Crippen molar-refractivity contribution >= 4 is 5.91 Å². The number of aromatic hydroxyl groups is 1. The van der Waals surface area contributed by atoms with Crippen molar-refractivity contribution in [3.8, 4) is 5.75 Å². The summed E-state index contributed by atoms with van der Waals surface area (Å²) in [6, 6.07) is 4.07. The van der Waals surface area contributed by atoms with Crippen LogP contribution in [0.3, 0.4) is 0 Å². The van der Waals surface area contributed by atoms with E-state index in [4.69, 9.17) is 0 Å². The molecular formula is C19H33NO2. The molecule has 1 aromatic rings. The van der Waals surface area contributed by atoms with Gasteiger partial charge in [0.15, 0.2) is 0 Å². The predicted molar refractivity (Wildman–Crippen MR) is 94.6 cm³/mol. The first-order valence-electron chi connectivity index (χ1n) is 7.54. The van der Waals surface area contributed by atoms with E-state index >= 15 is 0 Å². The van der Waals surface area contributed by atoms with Crippen molar-refractivity contribution in [2.75, 3.05) is 7.05 Å². The molecule has 1 aromatic carbocycles. The van der Waals surface area contributed by atoms with Crippen LogP contribution >= 0.6 is 0 Å². The molecule has 126 valence electrons. The molecule has 1 amide bonds. The molecule has 0 aromatic heterocycles. The molecule has 0 saturated heterocycles. The Morgan fingerprint density at radius 3 is 1.77 bits per heavy atom. The topological polar surface area (TPSA) is 49.3 Å². The zero-order chi connectivity index (χ0) is 16.4. The summed E-state index contributed by atoms with van der Waals surface area (Å²) in [6.45, 7) is 12.6. The lowest BCUT2D eigenvalue weighted by molar-refractivity contribution is -0.120. The smallest absolute Gasteiger partial charge is 0.220 e. The average Bonchev–Trinajstić information content (AvgIpc) is 2.34. The van der Waals surface area contributed by atoms with E-state index < -0.39 is 0 Å². The molecule has 0 aliphatic heterocycles. The molecule has 0 aliphatic carbocycles. The number of hydrogen-bond acceptors (Lipinski definition) is 2. The molecule has 22 heavy (non-hydrogen) atoms. The van der Waals surface area contributed by atoms with Crippen molar-refractivity contribution in [1.29, 1.82) is 0 Å². The Bertz CT molecular complexity index is 484. The maximum atomic E-state index is 11.5. The normalized spacial score (nSPS) is 11.8. The number of carbonyl (C=O) groups is 1. The summed E-state index contributed by atoms with van der Waals surface area (Å²) in [4.78, 5) is 11.5. The zero-order valence-electron chi connectivity index (χ0n) is 14.4. The van der Waals surface area contributed by atoms with E-state index in [0.717, 1.165) is 16.7 Å². The average molecular weight is 307 g/mol. The number of phenols is 1. The first-order valence-corrected chi connectivity index (χ1v) is 7.54. The molecule has 0 aliphatic rings. The van der Waals surface area contributed by atoms with Gasteiger partial charge in [-0.15, -0.1) is 0 Å². The van der Waals surface area contributed by atoms with Gasteiger partial charge in [0, 0.05) is 13.5 Å². The summed E-state index contributed by atoms with van der Waals surface area (Å²) < 4.78 is 0. The number of rotatable bonds is 3. The van der Waals surface area contributed by atoms with Crippen LogP contribution < -0.4 is 5.32 Å². The Morgan fingerprint density at radius 2 is 1.45 bits per heavy atom. The monoisotopic (exact) mass is 307 g/mol. The lowest BCUT2D eigenvalue weighted by Gasteiger charge is -2.28. The van der Waals surface area contributed by atoms with E-state index in [1.54, 1.807) is 7.05 Å². The van der Waals surface area contributed by atoms with E-state index in [2.05, 4.69) is 46.9 Å². The standard InChI is InChI=1S/C18H29NO2.CH4/c1-17(2,3)13-10-12(8-9-15(20)19-7)11-14(16(13)21)18(4,5)6;/h10-11,21H,8-9H2,1-7H3,(H,19,20);1H4. The molecule has 1 rings (SSSR count). The Hall–Kier alpha value is -1.51. The number of amides is 1. The molecular weight excluding hydrogens is 274 g/mol. The minimum atomic E-state index is -0.132. The first kappa shape index (κ1) is 20.5. The van der Waals surface area contributed by atoms with E-state index in [-0.39, 0.29) is 24.2 Å². The van der Waals surface area contributed by atoms with E-state index in [1.165, 1.54) is 0 Å². The van der Waals surface area contributed by atoms with Gasteiger partial charge in [-0.1, -0.05) is 61.1 Å². The summed E-state index contributed by atoms with van der Waals surface area (Å²) in [6.07, 6.45) is 1.15. The lowest BCUT2D eigenvalue weighted by atomic mass is 9.78. The van der Waals surface area contributed by atoms with Gasteiger partial charge in [-0.3, -0.25) is 4.79 Å². The summed E-state index contributed by atoms with van der Waals surface area (Å²) in [5.74, 6) is 0.427. The van der Waals surface area contributed by atoms with E-state index in [9.17, 15) is 9.90 Å². The number of aryl methyl sites for hydroxylation is 1. The fourth-order valence-corrected chi connectivity index (χ4v) is 2.36. The number of benzene rings is 1. The van der Waals surface area contributed by atoms with Crippen LogP contribution in [0.2, 0.25) is 0 Å². The Balaban J connectivity index is 0.00000441. The van der Waals surface area contributed by atoms with Crippen molar-refractivity contribution in [2.45, 2.75) is 72.6 Å². The highest BCUT2D eigenvalue weighted by Gasteiger charge is 2.26. The van der Waals surface area contributed by atoms with Gasteiger partial charge in [-0.25, -0.2) is 0 Å². The van der Waals surface area contributed by atoms with Gasteiger partial charge in [0.05, 0.1) is 0 Å².